The molecule has 0 radical (unpaired) electrons. The number of anilines is 1. The molecule has 1 amide bonds. The highest BCUT2D eigenvalue weighted by atomic mass is 19.1. The lowest BCUT2D eigenvalue weighted by molar-refractivity contribution is -0.126. The Kier molecular flexibility index (Phi) is 9.16. The first-order chi connectivity index (χ1) is 14.3. The van der Waals surface area contributed by atoms with Gasteiger partial charge in [-0.15, -0.1) is 0 Å². The van der Waals surface area contributed by atoms with E-state index in [-0.39, 0.29) is 30.5 Å². The molecular formula is C22H29FN2O5. The van der Waals surface area contributed by atoms with Crippen molar-refractivity contribution >= 4 is 11.6 Å². The maximum absolute atomic E-state index is 12.7. The van der Waals surface area contributed by atoms with E-state index in [4.69, 9.17) is 14.2 Å². The fourth-order valence-electron chi connectivity index (χ4n) is 2.95. The first-order valence-corrected chi connectivity index (χ1v) is 9.74. The van der Waals surface area contributed by atoms with Crippen LogP contribution in [0, 0.1) is 12.7 Å². The zero-order chi connectivity index (χ0) is 22.1. The van der Waals surface area contributed by atoms with E-state index in [0.717, 1.165) is 12.8 Å². The molecule has 2 N–H and O–H groups in total. The zero-order valence-corrected chi connectivity index (χ0v) is 17.7. The van der Waals surface area contributed by atoms with Gasteiger partial charge in [-0.2, -0.15) is 0 Å². The normalized spacial score (nSPS) is 18.9. The summed E-state index contributed by atoms with van der Waals surface area (Å²) in [5.41, 5.74) is 1.66. The summed E-state index contributed by atoms with van der Waals surface area (Å²) in [5, 5.41) is 12.5. The number of rotatable bonds is 6. The standard InChI is InChI=1S/C14H20N2O4.C8H9FO/c1-9-3-6-13(20-9)14(18)16-10-4-5-11(15-7-10)12(17)8-19-2;1-6-7(9)4-3-5-8(6)10-2/h4-5,7,9,12-13,17H,3,6,8H2,1-2H3,(H,16,18);3-5H,1-2H3. The van der Waals surface area contributed by atoms with Crippen LogP contribution in [0.1, 0.15) is 37.1 Å². The van der Waals surface area contributed by atoms with Gasteiger partial charge in [-0.3, -0.25) is 9.78 Å². The van der Waals surface area contributed by atoms with Gasteiger partial charge in [0.1, 0.15) is 23.8 Å². The van der Waals surface area contributed by atoms with Gasteiger partial charge in [0.2, 0.25) is 0 Å². The summed E-state index contributed by atoms with van der Waals surface area (Å²) >= 11 is 0. The van der Waals surface area contributed by atoms with Crippen LogP contribution in [0.2, 0.25) is 0 Å². The molecule has 1 aromatic heterocycles. The van der Waals surface area contributed by atoms with Crippen molar-refractivity contribution in [1.82, 2.24) is 4.98 Å². The summed E-state index contributed by atoms with van der Waals surface area (Å²) in [6, 6.07) is 8.15. The van der Waals surface area contributed by atoms with E-state index in [1.807, 2.05) is 6.92 Å². The number of aromatic nitrogens is 1. The number of benzene rings is 1. The number of nitrogens with zero attached hydrogens (tertiary/aromatic N) is 1. The van der Waals surface area contributed by atoms with Gasteiger partial charge >= 0.3 is 0 Å². The molecule has 1 aliphatic rings. The fourth-order valence-corrected chi connectivity index (χ4v) is 2.95. The molecule has 0 spiro atoms. The van der Waals surface area contributed by atoms with E-state index >= 15 is 0 Å². The van der Waals surface area contributed by atoms with Crippen molar-refractivity contribution in [1.29, 1.82) is 0 Å². The third kappa shape index (κ3) is 6.76. The van der Waals surface area contributed by atoms with Crippen LogP contribution in [0.5, 0.6) is 5.75 Å². The fraction of sp³-hybridized carbons (Fsp3) is 0.455. The van der Waals surface area contributed by atoms with Crippen LogP contribution in [0.4, 0.5) is 10.1 Å². The van der Waals surface area contributed by atoms with Crippen LogP contribution in [-0.4, -0.2) is 49.0 Å². The van der Waals surface area contributed by atoms with Gasteiger partial charge in [-0.05, 0) is 51.0 Å². The van der Waals surface area contributed by atoms with Gasteiger partial charge in [0.05, 0.1) is 37.4 Å². The highest BCUT2D eigenvalue weighted by Gasteiger charge is 2.28. The summed E-state index contributed by atoms with van der Waals surface area (Å²) < 4.78 is 27.9. The van der Waals surface area contributed by atoms with Gasteiger partial charge in [0.15, 0.2) is 0 Å². The van der Waals surface area contributed by atoms with E-state index < -0.39 is 6.10 Å². The highest BCUT2D eigenvalue weighted by Crippen LogP contribution is 2.21. The van der Waals surface area contributed by atoms with Crippen molar-refractivity contribution in [2.75, 3.05) is 26.1 Å². The molecule has 0 saturated carbocycles. The van der Waals surface area contributed by atoms with Crippen molar-refractivity contribution in [3.05, 3.63) is 53.6 Å². The lowest BCUT2D eigenvalue weighted by atomic mass is 10.2. The van der Waals surface area contributed by atoms with Crippen molar-refractivity contribution in [2.24, 2.45) is 0 Å². The summed E-state index contributed by atoms with van der Waals surface area (Å²) in [7, 11) is 3.04. The van der Waals surface area contributed by atoms with Crippen LogP contribution >= 0.6 is 0 Å². The largest absolute Gasteiger partial charge is 0.496 e. The number of aliphatic hydroxyl groups excluding tert-OH is 1. The molecule has 2 heterocycles. The van der Waals surface area contributed by atoms with Gasteiger partial charge in [-0.25, -0.2) is 4.39 Å². The summed E-state index contributed by atoms with van der Waals surface area (Å²) in [5.74, 6) is 0.223. The van der Waals surface area contributed by atoms with Crippen molar-refractivity contribution < 1.29 is 28.5 Å². The van der Waals surface area contributed by atoms with Crippen LogP contribution in [-0.2, 0) is 14.3 Å². The van der Waals surface area contributed by atoms with E-state index in [0.29, 0.717) is 22.7 Å². The third-order valence-electron chi connectivity index (χ3n) is 4.68. The number of hydrogen-bond acceptors (Lipinski definition) is 6. The van der Waals surface area contributed by atoms with Gasteiger partial charge in [0.25, 0.3) is 5.91 Å². The number of carbonyl (C=O) groups excluding carboxylic acids is 1. The molecule has 164 valence electrons. The Bertz CT molecular complexity index is 816. The second-order valence-corrected chi connectivity index (χ2v) is 7.01. The smallest absolute Gasteiger partial charge is 0.253 e. The molecular weight excluding hydrogens is 391 g/mol. The lowest BCUT2D eigenvalue weighted by Crippen LogP contribution is -2.27. The quantitative estimate of drug-likeness (QED) is 0.744. The molecule has 8 heteroatoms. The molecule has 3 unspecified atom stereocenters. The molecule has 1 saturated heterocycles. The highest BCUT2D eigenvalue weighted by molar-refractivity contribution is 5.94. The first-order valence-electron chi connectivity index (χ1n) is 9.74. The molecule has 1 aromatic carbocycles. The monoisotopic (exact) mass is 420 g/mol. The second kappa shape index (κ2) is 11.6. The average Bonchev–Trinajstić information content (AvgIpc) is 3.18. The number of carbonyl (C=O) groups is 1. The predicted molar refractivity (Wildman–Crippen MR) is 111 cm³/mol. The summed E-state index contributed by atoms with van der Waals surface area (Å²) in [4.78, 5) is 16.1. The number of ether oxygens (including phenoxy) is 3. The van der Waals surface area contributed by atoms with Crippen LogP contribution in [0.25, 0.3) is 0 Å². The molecule has 0 bridgehead atoms. The Hall–Kier alpha value is -2.55. The molecule has 1 fully saturated rings. The molecule has 1 aliphatic heterocycles. The number of hydrogen-bond donors (Lipinski definition) is 2. The van der Waals surface area contributed by atoms with Gasteiger partial charge < -0.3 is 24.6 Å². The number of aliphatic hydroxyl groups is 1. The third-order valence-corrected chi connectivity index (χ3v) is 4.68. The van der Waals surface area contributed by atoms with Crippen molar-refractivity contribution in [2.45, 2.75) is 45.0 Å². The maximum Gasteiger partial charge on any atom is 0.253 e. The van der Waals surface area contributed by atoms with E-state index in [1.54, 1.807) is 31.2 Å². The Balaban J connectivity index is 0.000000269. The minimum atomic E-state index is -0.760. The van der Waals surface area contributed by atoms with Gasteiger partial charge in [-0.1, -0.05) is 6.07 Å². The number of halogens is 1. The molecule has 3 rings (SSSR count). The Labute approximate surface area is 176 Å². The van der Waals surface area contributed by atoms with Crippen LogP contribution in [0.3, 0.4) is 0 Å². The Morgan fingerprint density at radius 2 is 2.10 bits per heavy atom. The zero-order valence-electron chi connectivity index (χ0n) is 17.7. The lowest BCUT2D eigenvalue weighted by Gasteiger charge is -2.13. The average molecular weight is 420 g/mol. The van der Waals surface area contributed by atoms with E-state index in [2.05, 4.69) is 10.3 Å². The number of pyridine rings is 1. The van der Waals surface area contributed by atoms with Crippen LogP contribution in [0.15, 0.2) is 36.5 Å². The van der Waals surface area contributed by atoms with Gasteiger partial charge in [0, 0.05) is 12.7 Å². The molecule has 30 heavy (non-hydrogen) atoms. The maximum atomic E-state index is 12.7. The number of amides is 1. The molecule has 2 aromatic rings. The minimum absolute atomic E-state index is 0.135. The van der Waals surface area contributed by atoms with E-state index in [9.17, 15) is 14.3 Å². The predicted octanol–water partition coefficient (Wildman–Crippen LogP) is 3.41. The number of nitrogens with one attached hydrogen (secondary N) is 1. The Morgan fingerprint density at radius 3 is 2.63 bits per heavy atom. The first kappa shape index (κ1) is 23.7. The van der Waals surface area contributed by atoms with Crippen molar-refractivity contribution in [3.8, 4) is 5.75 Å². The SMILES string of the molecule is COCC(O)c1ccc(NC(=O)C2CCC(C)O2)cn1.COc1cccc(F)c1C. The Morgan fingerprint density at radius 1 is 1.33 bits per heavy atom. The topological polar surface area (TPSA) is 89.9 Å². The minimum Gasteiger partial charge on any atom is -0.496 e. The van der Waals surface area contributed by atoms with Crippen LogP contribution < -0.4 is 10.1 Å². The molecule has 0 aliphatic carbocycles. The summed E-state index contributed by atoms with van der Waals surface area (Å²) in [6.45, 7) is 3.83. The molecule has 3 atom stereocenters. The number of methoxy groups -OCH3 is 2. The van der Waals surface area contributed by atoms with E-state index in [1.165, 1.54) is 26.5 Å². The molecule has 7 nitrogen and oxygen atoms in total. The summed E-state index contributed by atoms with van der Waals surface area (Å²) in [6.07, 6.45) is 2.15. The second-order valence-electron chi connectivity index (χ2n) is 7.01. The van der Waals surface area contributed by atoms with Crippen molar-refractivity contribution in [3.63, 3.8) is 0 Å².